The monoisotopic (exact) mass is 398 g/mol. The lowest BCUT2D eigenvalue weighted by atomic mass is 9.49. The number of nitrogens with zero attached hydrogens (tertiary/aromatic N) is 4. The zero-order valence-electron chi connectivity index (χ0n) is 17.0. The minimum Gasteiger partial charge on any atom is -0.334 e. The lowest BCUT2D eigenvalue weighted by molar-refractivity contribution is -0.202. The van der Waals surface area contributed by atoms with Crippen LogP contribution in [-0.4, -0.2) is 51.3 Å². The number of rotatable bonds is 2. The van der Waals surface area contributed by atoms with Crippen molar-refractivity contribution in [2.75, 3.05) is 19.7 Å². The maximum atomic E-state index is 13.9. The molecule has 1 atom stereocenters. The Morgan fingerprint density at radius 2 is 1.79 bits per heavy atom. The Morgan fingerprint density at radius 1 is 1.07 bits per heavy atom. The van der Waals surface area contributed by atoms with Gasteiger partial charge in [-0.25, -0.2) is 5.06 Å². The fourth-order valence-electron chi connectivity index (χ4n) is 7.28. The van der Waals surface area contributed by atoms with Gasteiger partial charge >= 0.3 is 0 Å². The first-order valence-electron chi connectivity index (χ1n) is 11.4. The average molecular weight is 399 g/mol. The van der Waals surface area contributed by atoms with Gasteiger partial charge < -0.3 is 4.90 Å². The molecule has 156 valence electrons. The molecule has 2 amide bonds. The number of amides is 2. The molecule has 1 saturated heterocycles. The molecule has 2 aliphatic heterocycles. The number of hydrogen-bond donors (Lipinski definition) is 0. The van der Waals surface area contributed by atoms with Crippen molar-refractivity contribution in [2.24, 2.45) is 23.2 Å². The quantitative estimate of drug-likeness (QED) is 0.768. The molecule has 0 spiro atoms. The van der Waals surface area contributed by atoms with Crippen LogP contribution in [0.15, 0.2) is 12.3 Å². The Bertz CT molecular complexity index is 792. The van der Waals surface area contributed by atoms with E-state index in [2.05, 4.69) is 5.10 Å². The zero-order valence-corrected chi connectivity index (χ0v) is 17.0. The van der Waals surface area contributed by atoms with Gasteiger partial charge in [-0.05, 0) is 75.2 Å². The Morgan fingerprint density at radius 3 is 2.45 bits per heavy atom. The second kappa shape index (κ2) is 6.56. The van der Waals surface area contributed by atoms with Crippen LogP contribution in [0.4, 0.5) is 0 Å². The van der Waals surface area contributed by atoms with E-state index in [9.17, 15) is 9.59 Å². The third-order valence-electron chi connectivity index (χ3n) is 8.11. The van der Waals surface area contributed by atoms with Gasteiger partial charge in [0.2, 0.25) is 5.91 Å². The normalized spacial score (nSPS) is 38.2. The molecule has 6 aliphatic rings. The van der Waals surface area contributed by atoms with E-state index < -0.39 is 6.04 Å². The van der Waals surface area contributed by atoms with E-state index in [1.807, 2.05) is 15.6 Å². The summed E-state index contributed by atoms with van der Waals surface area (Å²) in [5.74, 6) is 2.43. The minimum absolute atomic E-state index is 0.0716. The van der Waals surface area contributed by atoms with Crippen molar-refractivity contribution in [3.63, 3.8) is 0 Å². The number of hydroxylamine groups is 2. The Kier molecular flexibility index (Phi) is 4.05. The molecule has 0 N–H and O–H groups in total. The van der Waals surface area contributed by atoms with Crippen LogP contribution in [0.25, 0.3) is 0 Å². The Balaban J connectivity index is 1.27. The molecule has 7 heteroatoms. The number of carbonyl (C=O) groups excluding carboxylic acids is 2. The first-order valence-corrected chi connectivity index (χ1v) is 11.4. The van der Waals surface area contributed by atoms with Gasteiger partial charge in [-0.2, -0.15) is 5.10 Å². The van der Waals surface area contributed by atoms with Gasteiger partial charge in [0.1, 0.15) is 0 Å². The smallest absolute Gasteiger partial charge is 0.272 e. The highest BCUT2D eigenvalue weighted by molar-refractivity contribution is 5.85. The van der Waals surface area contributed by atoms with Gasteiger partial charge in [-0.3, -0.25) is 19.1 Å². The molecule has 0 radical (unpaired) electrons. The van der Waals surface area contributed by atoms with Gasteiger partial charge in [0.05, 0.1) is 30.8 Å². The topological polar surface area (TPSA) is 67.7 Å². The van der Waals surface area contributed by atoms with E-state index in [4.69, 9.17) is 4.84 Å². The summed E-state index contributed by atoms with van der Waals surface area (Å²) in [7, 11) is 0. The average Bonchev–Trinajstić information content (AvgIpc) is 3.20. The predicted octanol–water partition coefficient (Wildman–Crippen LogP) is 2.54. The van der Waals surface area contributed by atoms with Gasteiger partial charge in [0.25, 0.3) is 5.91 Å². The van der Waals surface area contributed by atoms with Crippen LogP contribution in [-0.2, 0) is 21.0 Å². The Hall–Kier alpha value is -1.89. The summed E-state index contributed by atoms with van der Waals surface area (Å²) in [4.78, 5) is 34.7. The fourth-order valence-corrected chi connectivity index (χ4v) is 7.28. The Labute approximate surface area is 171 Å². The molecule has 4 saturated carbocycles. The maximum Gasteiger partial charge on any atom is 0.272 e. The van der Waals surface area contributed by atoms with Crippen molar-refractivity contribution in [3.05, 3.63) is 18.0 Å². The molecule has 7 rings (SSSR count). The summed E-state index contributed by atoms with van der Waals surface area (Å²) in [5.41, 5.74) is 0.774. The molecule has 4 aliphatic carbocycles. The van der Waals surface area contributed by atoms with Gasteiger partial charge in [0.15, 0.2) is 6.04 Å². The van der Waals surface area contributed by atoms with Crippen molar-refractivity contribution in [1.29, 1.82) is 0 Å². The van der Waals surface area contributed by atoms with E-state index in [1.54, 1.807) is 6.20 Å². The molecule has 1 aromatic rings. The van der Waals surface area contributed by atoms with Crippen LogP contribution in [0, 0.1) is 23.2 Å². The summed E-state index contributed by atoms with van der Waals surface area (Å²) >= 11 is 0. The second-order valence-electron chi connectivity index (χ2n) is 10.1. The number of fused-ring (bicyclic) bond motifs is 1. The fraction of sp³-hybridized carbons (Fsp3) is 0.773. The highest BCUT2D eigenvalue weighted by Gasteiger charge is 2.56. The van der Waals surface area contributed by atoms with Gasteiger partial charge in [-0.1, -0.05) is 0 Å². The van der Waals surface area contributed by atoms with Crippen molar-refractivity contribution in [3.8, 4) is 0 Å². The summed E-state index contributed by atoms with van der Waals surface area (Å²) in [6.45, 7) is 2.17. The van der Waals surface area contributed by atoms with E-state index in [1.165, 1.54) is 24.3 Å². The third kappa shape index (κ3) is 2.84. The lowest BCUT2D eigenvalue weighted by Crippen LogP contribution is -2.57. The van der Waals surface area contributed by atoms with E-state index in [-0.39, 0.29) is 11.3 Å². The van der Waals surface area contributed by atoms with Crippen LogP contribution in [0.2, 0.25) is 0 Å². The standard InChI is InChI=1S/C22H30N4O3/c27-20(25-5-1-2-6-29-25)19-14-24(13-18-3-4-23-26(18)19)21(28)22-10-15-7-16(11-22)9-17(8-15)12-22/h3-4,15-17,19H,1-2,5-14H2/t15?,16?,17?,19-,22?/m1/s1. The summed E-state index contributed by atoms with van der Waals surface area (Å²) in [6, 6.07) is 1.46. The molecule has 0 unspecified atom stereocenters. The molecule has 4 bridgehead atoms. The highest BCUT2D eigenvalue weighted by atomic mass is 16.7. The molecule has 5 fully saturated rings. The first kappa shape index (κ1) is 17.9. The zero-order chi connectivity index (χ0) is 19.6. The second-order valence-corrected chi connectivity index (χ2v) is 10.1. The predicted molar refractivity (Wildman–Crippen MR) is 104 cm³/mol. The molecular weight excluding hydrogens is 368 g/mol. The van der Waals surface area contributed by atoms with Crippen molar-refractivity contribution in [1.82, 2.24) is 19.7 Å². The maximum absolute atomic E-state index is 13.9. The summed E-state index contributed by atoms with van der Waals surface area (Å²) in [5, 5.41) is 5.91. The van der Waals surface area contributed by atoms with Crippen LogP contribution >= 0.6 is 0 Å². The summed E-state index contributed by atoms with van der Waals surface area (Å²) < 4.78 is 1.81. The first-order chi connectivity index (χ1) is 14.1. The van der Waals surface area contributed by atoms with Crippen LogP contribution in [0.1, 0.15) is 63.1 Å². The number of aromatic nitrogens is 2. The number of carbonyl (C=O) groups is 2. The minimum atomic E-state index is -0.482. The molecular formula is C22H30N4O3. The molecule has 29 heavy (non-hydrogen) atoms. The van der Waals surface area contributed by atoms with Crippen LogP contribution in [0.3, 0.4) is 0 Å². The molecule has 7 nitrogen and oxygen atoms in total. The third-order valence-corrected chi connectivity index (χ3v) is 8.11. The lowest BCUT2D eigenvalue weighted by Gasteiger charge is -2.57. The molecule has 0 aromatic carbocycles. The van der Waals surface area contributed by atoms with Gasteiger partial charge in [-0.15, -0.1) is 0 Å². The van der Waals surface area contributed by atoms with Gasteiger partial charge in [0, 0.05) is 12.7 Å². The van der Waals surface area contributed by atoms with Crippen molar-refractivity contribution < 1.29 is 14.4 Å². The van der Waals surface area contributed by atoms with E-state index >= 15 is 0 Å². The summed E-state index contributed by atoms with van der Waals surface area (Å²) in [6.07, 6.45) is 10.8. The van der Waals surface area contributed by atoms with E-state index in [0.29, 0.717) is 32.1 Å². The van der Waals surface area contributed by atoms with Crippen molar-refractivity contribution in [2.45, 2.75) is 64.0 Å². The highest BCUT2D eigenvalue weighted by Crippen LogP contribution is 2.60. The number of hydrogen-bond acceptors (Lipinski definition) is 4. The largest absolute Gasteiger partial charge is 0.334 e. The van der Waals surface area contributed by atoms with Crippen LogP contribution < -0.4 is 0 Å². The molecule has 3 heterocycles. The van der Waals surface area contributed by atoms with Crippen LogP contribution in [0.5, 0.6) is 0 Å². The van der Waals surface area contributed by atoms with E-state index in [0.717, 1.165) is 55.6 Å². The SMILES string of the molecule is O=C([C@H]1CN(C(=O)C23CC4CC(CC(C4)C2)C3)Cc2ccnn21)N1CCCCO1. The molecule has 1 aromatic heterocycles. The van der Waals surface area contributed by atoms with Crippen molar-refractivity contribution >= 4 is 11.8 Å².